The van der Waals surface area contributed by atoms with Gasteiger partial charge in [0.05, 0.1) is 0 Å². The summed E-state index contributed by atoms with van der Waals surface area (Å²) in [5, 5.41) is 0. The summed E-state index contributed by atoms with van der Waals surface area (Å²) in [7, 11) is 0. The van der Waals surface area contributed by atoms with Crippen LogP contribution in [0.1, 0.15) is 46.5 Å². The second kappa shape index (κ2) is 3.94. The fourth-order valence-electron chi connectivity index (χ4n) is 1.73. The van der Waals surface area contributed by atoms with Crippen LogP contribution in [0, 0.1) is 11.8 Å². The molecule has 1 atom stereocenters. The number of hydrogen-bond donors (Lipinski definition) is 0. The smallest absolute Gasteiger partial charge is 0.0269 e. The third kappa shape index (κ3) is 2.36. The van der Waals surface area contributed by atoms with Crippen molar-refractivity contribution in [3.8, 4) is 0 Å². The first-order valence-electron chi connectivity index (χ1n) is 4.72. The second-order valence-corrected chi connectivity index (χ2v) is 3.76. The van der Waals surface area contributed by atoms with E-state index in [-0.39, 0.29) is 0 Å². The molecule has 0 amide bonds. The van der Waals surface area contributed by atoms with Crippen LogP contribution in [0.3, 0.4) is 0 Å². The van der Waals surface area contributed by atoms with Crippen molar-refractivity contribution in [2.45, 2.75) is 46.5 Å². The summed E-state index contributed by atoms with van der Waals surface area (Å²) in [5.41, 5.74) is 1.67. The molecule has 0 aromatic heterocycles. The Morgan fingerprint density at radius 1 is 1.55 bits per heavy atom. The Hall–Kier alpha value is -0.260. The molecule has 0 N–H and O–H groups in total. The number of allylic oxidation sites excluding steroid dienone is 2. The summed E-state index contributed by atoms with van der Waals surface area (Å²) in [6, 6.07) is 0. The van der Waals surface area contributed by atoms with Gasteiger partial charge in [-0.15, -0.1) is 0 Å². The lowest BCUT2D eigenvalue weighted by Crippen LogP contribution is -2.10. The Bertz CT molecular complexity index is 142. The second-order valence-electron chi connectivity index (χ2n) is 3.76. The Balaban J connectivity index is 2.41. The quantitative estimate of drug-likeness (QED) is 0.527. The van der Waals surface area contributed by atoms with Crippen molar-refractivity contribution in [2.24, 2.45) is 5.92 Å². The third-order valence-electron chi connectivity index (χ3n) is 2.78. The lowest BCUT2D eigenvalue weighted by Gasteiger charge is -2.24. The highest BCUT2D eigenvalue weighted by molar-refractivity contribution is 5.09. The molecule has 0 heteroatoms. The summed E-state index contributed by atoms with van der Waals surface area (Å²) >= 11 is 0. The summed E-state index contributed by atoms with van der Waals surface area (Å²) in [6.45, 7) is 6.78. The van der Waals surface area contributed by atoms with Crippen LogP contribution < -0.4 is 0 Å². The molecule has 0 bridgehead atoms. The highest BCUT2D eigenvalue weighted by atomic mass is 14.2. The van der Waals surface area contributed by atoms with E-state index >= 15 is 0 Å². The molecule has 0 nitrogen and oxygen atoms in total. The summed E-state index contributed by atoms with van der Waals surface area (Å²) < 4.78 is 0. The van der Waals surface area contributed by atoms with Crippen molar-refractivity contribution in [1.82, 2.24) is 0 Å². The molecule has 0 saturated heterocycles. The van der Waals surface area contributed by atoms with E-state index in [1.165, 1.54) is 25.7 Å². The molecule has 0 saturated carbocycles. The van der Waals surface area contributed by atoms with E-state index in [0.29, 0.717) is 0 Å². The van der Waals surface area contributed by atoms with Gasteiger partial charge in [0.15, 0.2) is 0 Å². The SMILES string of the molecule is CCC1=CCC([C](C)C)CC1. The van der Waals surface area contributed by atoms with Crippen molar-refractivity contribution in [3.05, 3.63) is 17.6 Å². The van der Waals surface area contributed by atoms with Crippen LogP contribution in [0.25, 0.3) is 0 Å². The van der Waals surface area contributed by atoms with Gasteiger partial charge in [-0.1, -0.05) is 32.4 Å². The standard InChI is InChI=1S/C11H19/c1-4-10-5-7-11(8-6-10)9(2)3/h5,11H,4,6-8H2,1-3H3. The molecule has 1 radical (unpaired) electrons. The zero-order valence-electron chi connectivity index (χ0n) is 7.98. The average molecular weight is 151 g/mol. The molecule has 1 unspecified atom stereocenters. The van der Waals surface area contributed by atoms with Crippen LogP contribution in [0.15, 0.2) is 11.6 Å². The van der Waals surface area contributed by atoms with Gasteiger partial charge in [-0.3, -0.25) is 0 Å². The van der Waals surface area contributed by atoms with E-state index in [2.05, 4.69) is 26.8 Å². The molecule has 1 aliphatic rings. The monoisotopic (exact) mass is 151 g/mol. The van der Waals surface area contributed by atoms with E-state index in [9.17, 15) is 0 Å². The zero-order chi connectivity index (χ0) is 8.27. The maximum atomic E-state index is 2.45. The topological polar surface area (TPSA) is 0 Å². The zero-order valence-corrected chi connectivity index (χ0v) is 7.98. The minimum atomic E-state index is 0.880. The molecule has 0 aromatic rings. The third-order valence-corrected chi connectivity index (χ3v) is 2.78. The van der Waals surface area contributed by atoms with Gasteiger partial charge in [-0.2, -0.15) is 0 Å². The van der Waals surface area contributed by atoms with Gasteiger partial charge in [0, 0.05) is 0 Å². The van der Waals surface area contributed by atoms with Crippen LogP contribution >= 0.6 is 0 Å². The maximum absolute atomic E-state index is 2.45. The van der Waals surface area contributed by atoms with Crippen LogP contribution in [-0.4, -0.2) is 0 Å². The normalized spacial score (nSPS) is 25.5. The van der Waals surface area contributed by atoms with E-state index < -0.39 is 0 Å². The van der Waals surface area contributed by atoms with Crippen molar-refractivity contribution < 1.29 is 0 Å². The maximum Gasteiger partial charge on any atom is -0.0269 e. The van der Waals surface area contributed by atoms with E-state index in [1.807, 2.05) is 0 Å². The van der Waals surface area contributed by atoms with Gasteiger partial charge in [-0.05, 0) is 37.5 Å². The average Bonchev–Trinajstić information content (AvgIpc) is 2.05. The number of rotatable bonds is 2. The molecule has 0 spiro atoms. The highest BCUT2D eigenvalue weighted by Crippen LogP contribution is 2.30. The first-order chi connectivity index (χ1) is 5.24. The molecule has 1 aliphatic carbocycles. The minimum Gasteiger partial charge on any atom is -0.0850 e. The molecule has 0 aromatic carbocycles. The Morgan fingerprint density at radius 2 is 2.27 bits per heavy atom. The molecular weight excluding hydrogens is 132 g/mol. The largest absolute Gasteiger partial charge is 0.0850 e. The van der Waals surface area contributed by atoms with Crippen molar-refractivity contribution in [1.29, 1.82) is 0 Å². The highest BCUT2D eigenvalue weighted by Gasteiger charge is 2.16. The first kappa shape index (κ1) is 8.83. The van der Waals surface area contributed by atoms with Gasteiger partial charge >= 0.3 is 0 Å². The summed E-state index contributed by atoms with van der Waals surface area (Å²) in [5.74, 6) is 2.49. The Labute approximate surface area is 70.7 Å². The first-order valence-corrected chi connectivity index (χ1v) is 4.72. The summed E-state index contributed by atoms with van der Waals surface area (Å²) in [6.07, 6.45) is 7.73. The number of hydrogen-bond acceptors (Lipinski definition) is 0. The predicted molar refractivity (Wildman–Crippen MR) is 50.3 cm³/mol. The molecule has 1 rings (SSSR count). The fourth-order valence-corrected chi connectivity index (χ4v) is 1.73. The molecule has 63 valence electrons. The van der Waals surface area contributed by atoms with E-state index in [4.69, 9.17) is 0 Å². The van der Waals surface area contributed by atoms with Crippen LogP contribution in [0.4, 0.5) is 0 Å². The van der Waals surface area contributed by atoms with Crippen LogP contribution in [0.5, 0.6) is 0 Å². The lowest BCUT2D eigenvalue weighted by atomic mass is 9.82. The van der Waals surface area contributed by atoms with Crippen molar-refractivity contribution in [3.63, 3.8) is 0 Å². The van der Waals surface area contributed by atoms with E-state index in [0.717, 1.165) is 5.92 Å². The Kier molecular flexibility index (Phi) is 3.16. The van der Waals surface area contributed by atoms with Gasteiger partial charge in [0.25, 0.3) is 0 Å². The molecule has 0 aliphatic heterocycles. The Morgan fingerprint density at radius 3 is 2.64 bits per heavy atom. The fraction of sp³-hybridized carbons (Fsp3) is 0.727. The minimum absolute atomic E-state index is 0.880. The van der Waals surface area contributed by atoms with Crippen molar-refractivity contribution >= 4 is 0 Å². The molecule has 0 fully saturated rings. The van der Waals surface area contributed by atoms with Gasteiger partial charge < -0.3 is 0 Å². The van der Waals surface area contributed by atoms with Gasteiger partial charge in [0.2, 0.25) is 0 Å². The lowest BCUT2D eigenvalue weighted by molar-refractivity contribution is 0.483. The van der Waals surface area contributed by atoms with Crippen molar-refractivity contribution in [2.75, 3.05) is 0 Å². The van der Waals surface area contributed by atoms with E-state index in [1.54, 1.807) is 11.5 Å². The van der Waals surface area contributed by atoms with Crippen LogP contribution in [0.2, 0.25) is 0 Å². The summed E-state index contributed by atoms with van der Waals surface area (Å²) in [4.78, 5) is 0. The van der Waals surface area contributed by atoms with Gasteiger partial charge in [0.1, 0.15) is 0 Å². The predicted octanol–water partition coefficient (Wildman–Crippen LogP) is 3.74. The molecule has 0 heterocycles. The molecular formula is C11H19. The van der Waals surface area contributed by atoms with Gasteiger partial charge in [-0.25, -0.2) is 0 Å². The van der Waals surface area contributed by atoms with Crippen LogP contribution in [-0.2, 0) is 0 Å². The molecule has 11 heavy (non-hydrogen) atoms.